The Balaban J connectivity index is 1.53. The van der Waals surface area contributed by atoms with Crippen molar-refractivity contribution in [1.29, 1.82) is 5.26 Å². The first-order valence-corrected chi connectivity index (χ1v) is 10.2. The van der Waals surface area contributed by atoms with Crippen molar-refractivity contribution in [1.82, 2.24) is 10.2 Å². The summed E-state index contributed by atoms with van der Waals surface area (Å²) in [5, 5.41) is 26.0. The van der Waals surface area contributed by atoms with Gasteiger partial charge in [-0.25, -0.2) is 0 Å². The molecule has 0 saturated carbocycles. The molecule has 1 amide bonds. The van der Waals surface area contributed by atoms with E-state index in [0.29, 0.717) is 0 Å². The SMILES string of the molecule is N#C/C(=C/NC1CCN(Cc2ccccc2)CC1)C(=O)Nc1ccc(Cl)c([N+](=O)[O-])c1. The monoisotopic (exact) mass is 439 g/mol. The van der Waals surface area contributed by atoms with Crippen molar-refractivity contribution in [3.63, 3.8) is 0 Å². The first kappa shape index (κ1) is 22.3. The number of amides is 1. The van der Waals surface area contributed by atoms with E-state index in [1.807, 2.05) is 24.3 Å². The van der Waals surface area contributed by atoms with Gasteiger partial charge in [-0.3, -0.25) is 19.8 Å². The van der Waals surface area contributed by atoms with Gasteiger partial charge < -0.3 is 10.6 Å². The van der Waals surface area contributed by atoms with Crippen LogP contribution in [0.15, 0.2) is 60.3 Å². The molecule has 0 spiro atoms. The number of likely N-dealkylation sites (tertiary alicyclic amines) is 1. The molecule has 0 aliphatic carbocycles. The zero-order chi connectivity index (χ0) is 22.2. The molecule has 1 aliphatic heterocycles. The summed E-state index contributed by atoms with van der Waals surface area (Å²) in [6, 6.07) is 16.3. The maximum atomic E-state index is 12.4. The van der Waals surface area contributed by atoms with E-state index >= 15 is 0 Å². The number of carbonyl (C=O) groups is 1. The minimum absolute atomic E-state index is 0.0284. The Kier molecular flexibility index (Phi) is 7.60. The second-order valence-corrected chi connectivity index (χ2v) is 7.66. The molecule has 160 valence electrons. The van der Waals surface area contributed by atoms with Crippen molar-refractivity contribution in [3.8, 4) is 6.07 Å². The van der Waals surface area contributed by atoms with Crippen LogP contribution in [-0.2, 0) is 11.3 Å². The molecule has 9 heteroatoms. The molecule has 1 fully saturated rings. The summed E-state index contributed by atoms with van der Waals surface area (Å²) in [4.78, 5) is 25.1. The topological polar surface area (TPSA) is 111 Å². The van der Waals surface area contributed by atoms with E-state index < -0.39 is 10.8 Å². The summed E-state index contributed by atoms with van der Waals surface area (Å²) in [5.74, 6) is -0.645. The van der Waals surface area contributed by atoms with E-state index in [0.717, 1.165) is 38.5 Å². The largest absolute Gasteiger partial charge is 0.387 e. The van der Waals surface area contributed by atoms with Gasteiger partial charge in [0.25, 0.3) is 11.6 Å². The van der Waals surface area contributed by atoms with Gasteiger partial charge >= 0.3 is 0 Å². The second-order valence-electron chi connectivity index (χ2n) is 7.25. The molecular weight excluding hydrogens is 418 g/mol. The summed E-state index contributed by atoms with van der Waals surface area (Å²) >= 11 is 5.78. The van der Waals surface area contributed by atoms with Gasteiger partial charge in [-0.1, -0.05) is 41.9 Å². The summed E-state index contributed by atoms with van der Waals surface area (Å²) < 4.78 is 0. The average Bonchev–Trinajstić information content (AvgIpc) is 2.77. The molecular formula is C22H22ClN5O3. The molecule has 3 rings (SSSR count). The van der Waals surface area contributed by atoms with Crippen LogP contribution in [0.2, 0.25) is 5.02 Å². The number of halogens is 1. The highest BCUT2D eigenvalue weighted by Crippen LogP contribution is 2.27. The van der Waals surface area contributed by atoms with Crippen LogP contribution in [0.1, 0.15) is 18.4 Å². The van der Waals surface area contributed by atoms with Crippen LogP contribution >= 0.6 is 11.6 Å². The van der Waals surface area contributed by atoms with E-state index in [1.165, 1.54) is 23.9 Å². The number of benzene rings is 2. The molecule has 2 N–H and O–H groups in total. The molecule has 8 nitrogen and oxygen atoms in total. The zero-order valence-corrected chi connectivity index (χ0v) is 17.5. The predicted octanol–water partition coefficient (Wildman–Crippen LogP) is 3.85. The van der Waals surface area contributed by atoms with Crippen LogP contribution in [0.4, 0.5) is 11.4 Å². The lowest BCUT2D eigenvalue weighted by atomic mass is 10.0. The van der Waals surface area contributed by atoms with Crippen LogP contribution in [0, 0.1) is 21.4 Å². The Hall–Kier alpha value is -3.41. The van der Waals surface area contributed by atoms with Gasteiger partial charge in [-0.2, -0.15) is 5.26 Å². The Morgan fingerprint density at radius 1 is 1.26 bits per heavy atom. The molecule has 0 unspecified atom stereocenters. The number of hydrogen-bond acceptors (Lipinski definition) is 6. The van der Waals surface area contributed by atoms with Crippen molar-refractivity contribution in [2.24, 2.45) is 0 Å². The zero-order valence-electron chi connectivity index (χ0n) is 16.8. The number of anilines is 1. The molecule has 1 heterocycles. The molecule has 2 aromatic rings. The molecule has 0 atom stereocenters. The molecule has 1 saturated heterocycles. The van der Waals surface area contributed by atoms with Crippen molar-refractivity contribution < 1.29 is 9.72 Å². The summed E-state index contributed by atoms with van der Waals surface area (Å²) in [6.07, 6.45) is 3.21. The fourth-order valence-corrected chi connectivity index (χ4v) is 3.56. The van der Waals surface area contributed by atoms with Crippen molar-refractivity contribution in [2.45, 2.75) is 25.4 Å². The lowest BCUT2D eigenvalue weighted by Crippen LogP contribution is -2.40. The minimum Gasteiger partial charge on any atom is -0.387 e. The third kappa shape index (κ3) is 6.28. The highest BCUT2D eigenvalue weighted by atomic mass is 35.5. The summed E-state index contributed by atoms with van der Waals surface area (Å²) in [7, 11) is 0. The lowest BCUT2D eigenvalue weighted by molar-refractivity contribution is -0.384. The Morgan fingerprint density at radius 2 is 1.97 bits per heavy atom. The first-order valence-electron chi connectivity index (χ1n) is 9.84. The minimum atomic E-state index is -0.645. The highest BCUT2D eigenvalue weighted by Gasteiger charge is 2.19. The van der Waals surface area contributed by atoms with E-state index in [9.17, 15) is 20.2 Å². The van der Waals surface area contributed by atoms with Gasteiger partial charge in [-0.15, -0.1) is 0 Å². The number of nitrogens with zero attached hydrogens (tertiary/aromatic N) is 3. The van der Waals surface area contributed by atoms with Crippen molar-refractivity contribution in [3.05, 3.63) is 81.0 Å². The fraction of sp³-hybridized carbons (Fsp3) is 0.273. The number of rotatable bonds is 7. The molecule has 2 aromatic carbocycles. The number of nitro benzene ring substituents is 1. The molecule has 0 radical (unpaired) electrons. The van der Waals surface area contributed by atoms with Crippen LogP contribution < -0.4 is 10.6 Å². The van der Waals surface area contributed by atoms with Gasteiger partial charge in [0, 0.05) is 43.6 Å². The number of piperidine rings is 1. The molecule has 0 bridgehead atoms. The first-order chi connectivity index (χ1) is 15.0. The van der Waals surface area contributed by atoms with Gasteiger partial charge in [0.1, 0.15) is 16.7 Å². The van der Waals surface area contributed by atoms with E-state index in [1.54, 1.807) is 0 Å². The van der Waals surface area contributed by atoms with Crippen LogP contribution in [0.25, 0.3) is 0 Å². The van der Waals surface area contributed by atoms with E-state index in [4.69, 9.17) is 11.6 Å². The number of nitrogens with one attached hydrogen (secondary N) is 2. The molecule has 1 aliphatic rings. The highest BCUT2D eigenvalue weighted by molar-refractivity contribution is 6.32. The lowest BCUT2D eigenvalue weighted by Gasteiger charge is -2.32. The Bertz CT molecular complexity index is 1010. The van der Waals surface area contributed by atoms with Crippen molar-refractivity contribution in [2.75, 3.05) is 18.4 Å². The molecule has 31 heavy (non-hydrogen) atoms. The van der Waals surface area contributed by atoms with Gasteiger partial charge in [0.05, 0.1) is 4.92 Å². The van der Waals surface area contributed by atoms with Crippen LogP contribution in [0.5, 0.6) is 0 Å². The van der Waals surface area contributed by atoms with Crippen molar-refractivity contribution >= 4 is 28.9 Å². The maximum absolute atomic E-state index is 12.4. The van der Waals surface area contributed by atoms with Crippen LogP contribution in [-0.4, -0.2) is 34.9 Å². The number of hydrogen-bond donors (Lipinski definition) is 2. The third-order valence-electron chi connectivity index (χ3n) is 5.07. The number of nitriles is 1. The summed E-state index contributed by atoms with van der Waals surface area (Å²) in [6.45, 7) is 2.74. The van der Waals surface area contributed by atoms with E-state index in [-0.39, 0.29) is 28.0 Å². The quantitative estimate of drug-likeness (QED) is 0.293. The molecule has 0 aromatic heterocycles. The van der Waals surface area contributed by atoms with Gasteiger partial charge in [0.2, 0.25) is 0 Å². The van der Waals surface area contributed by atoms with Gasteiger partial charge in [-0.05, 0) is 30.5 Å². The van der Waals surface area contributed by atoms with E-state index in [2.05, 4.69) is 27.7 Å². The smallest absolute Gasteiger partial charge is 0.289 e. The average molecular weight is 440 g/mol. The summed E-state index contributed by atoms with van der Waals surface area (Å²) in [5.41, 5.74) is 1.04. The normalized spacial score (nSPS) is 15.2. The third-order valence-corrected chi connectivity index (χ3v) is 5.39. The second kappa shape index (κ2) is 10.6. The number of nitro groups is 1. The van der Waals surface area contributed by atoms with Crippen LogP contribution in [0.3, 0.4) is 0 Å². The maximum Gasteiger partial charge on any atom is 0.289 e. The Morgan fingerprint density at radius 3 is 2.61 bits per heavy atom. The fourth-order valence-electron chi connectivity index (χ4n) is 3.38. The Labute approximate surface area is 185 Å². The standard InChI is InChI=1S/C22H22ClN5O3/c23-20-7-6-19(12-21(20)28(30)31)26-22(29)17(13-24)14-25-18-8-10-27(11-9-18)15-16-4-2-1-3-5-16/h1-7,12,14,18,25H,8-11,15H2,(H,26,29)/b17-14-. The predicted molar refractivity (Wildman–Crippen MR) is 118 cm³/mol. The van der Waals surface area contributed by atoms with Gasteiger partial charge in [0.15, 0.2) is 0 Å². The number of carbonyl (C=O) groups excluding carboxylic acids is 1.